The summed E-state index contributed by atoms with van der Waals surface area (Å²) in [5.41, 5.74) is 14.9. The number of furan rings is 2. The molecule has 66 heavy (non-hydrogen) atoms. The van der Waals surface area contributed by atoms with Crippen molar-refractivity contribution in [1.82, 2.24) is 15.0 Å². The van der Waals surface area contributed by atoms with Gasteiger partial charge in [-0.15, -0.1) is 0 Å². The lowest BCUT2D eigenvalue weighted by atomic mass is 9.93. The molecule has 0 atom stereocenters. The first kappa shape index (κ1) is 37.6. The molecule has 0 radical (unpaired) electrons. The van der Waals surface area contributed by atoms with Crippen LogP contribution in [0.4, 0.5) is 0 Å². The quantitative estimate of drug-likeness (QED) is 0.160. The fourth-order valence-electron chi connectivity index (χ4n) is 9.38. The van der Waals surface area contributed by atoms with Gasteiger partial charge in [0.05, 0.1) is 0 Å². The second-order valence-electron chi connectivity index (χ2n) is 16.7. The molecule has 0 bridgehead atoms. The highest BCUT2D eigenvalue weighted by atomic mass is 16.3. The molecule has 13 rings (SSSR count). The van der Waals surface area contributed by atoms with Crippen LogP contribution in [-0.2, 0) is 0 Å². The number of fused-ring (bicyclic) bond motifs is 7. The van der Waals surface area contributed by atoms with Crippen LogP contribution in [-0.4, -0.2) is 15.0 Å². The Hall–Kier alpha value is -8.93. The minimum atomic E-state index is 0.569. The SMILES string of the molecule is c1ccc(-c2ccc(-c3nc(-c4ccc(-c5ccc(-c6ccc(-c7ccccc7)cc6)c6oc7cc8ccccc8cc7c56)cc4)nc(-c4ccc5c(c4)oc4ccccc45)n3)cc2)cc1. The van der Waals surface area contributed by atoms with Crippen LogP contribution in [0.25, 0.3) is 133 Å². The van der Waals surface area contributed by atoms with Crippen LogP contribution in [0, 0.1) is 0 Å². The van der Waals surface area contributed by atoms with E-state index in [2.05, 4.69) is 188 Å². The van der Waals surface area contributed by atoms with Crippen LogP contribution in [0.15, 0.2) is 233 Å². The molecule has 3 aromatic heterocycles. The Labute approximate surface area is 379 Å². The Morgan fingerprint density at radius 2 is 0.697 bits per heavy atom. The fourth-order valence-corrected chi connectivity index (χ4v) is 9.38. The third kappa shape index (κ3) is 6.53. The normalized spacial score (nSPS) is 11.6. The summed E-state index contributed by atoms with van der Waals surface area (Å²) in [6.07, 6.45) is 0. The molecular formula is C61H37N3O2. The summed E-state index contributed by atoms with van der Waals surface area (Å²) in [6.45, 7) is 0. The van der Waals surface area contributed by atoms with Gasteiger partial charge in [0, 0.05) is 43.8 Å². The molecule has 0 aliphatic rings. The molecule has 308 valence electrons. The van der Waals surface area contributed by atoms with Crippen molar-refractivity contribution >= 4 is 54.6 Å². The lowest BCUT2D eigenvalue weighted by Crippen LogP contribution is -2.00. The van der Waals surface area contributed by atoms with Crippen molar-refractivity contribution in [2.45, 2.75) is 0 Å². The molecule has 13 aromatic rings. The van der Waals surface area contributed by atoms with E-state index in [9.17, 15) is 0 Å². The zero-order chi connectivity index (χ0) is 43.6. The van der Waals surface area contributed by atoms with Gasteiger partial charge in [-0.3, -0.25) is 0 Å². The maximum atomic E-state index is 6.87. The monoisotopic (exact) mass is 843 g/mol. The van der Waals surface area contributed by atoms with Crippen molar-refractivity contribution in [2.75, 3.05) is 0 Å². The average Bonchev–Trinajstić information content (AvgIpc) is 3.96. The first-order valence-electron chi connectivity index (χ1n) is 22.2. The van der Waals surface area contributed by atoms with Crippen LogP contribution in [0.5, 0.6) is 0 Å². The smallest absolute Gasteiger partial charge is 0.164 e. The zero-order valence-corrected chi connectivity index (χ0v) is 35.5. The van der Waals surface area contributed by atoms with Gasteiger partial charge in [-0.25, -0.2) is 15.0 Å². The lowest BCUT2D eigenvalue weighted by Gasteiger charge is -2.11. The lowest BCUT2D eigenvalue weighted by molar-refractivity contribution is 0.669. The Kier molecular flexibility index (Phi) is 8.78. The molecular weight excluding hydrogens is 807 g/mol. The maximum Gasteiger partial charge on any atom is 0.164 e. The molecule has 0 aliphatic carbocycles. The van der Waals surface area contributed by atoms with E-state index in [1.54, 1.807) is 0 Å². The van der Waals surface area contributed by atoms with Crippen molar-refractivity contribution in [2.24, 2.45) is 0 Å². The number of benzene rings is 10. The minimum Gasteiger partial charge on any atom is -0.456 e. The van der Waals surface area contributed by atoms with Gasteiger partial charge in [0.15, 0.2) is 17.5 Å². The van der Waals surface area contributed by atoms with Gasteiger partial charge in [-0.2, -0.15) is 0 Å². The predicted octanol–water partition coefficient (Wildman–Crippen LogP) is 16.5. The van der Waals surface area contributed by atoms with Crippen LogP contribution in [0.3, 0.4) is 0 Å². The highest BCUT2D eigenvalue weighted by molar-refractivity contribution is 6.18. The summed E-state index contributed by atoms with van der Waals surface area (Å²) in [7, 11) is 0. The van der Waals surface area contributed by atoms with E-state index in [0.717, 1.165) is 99.3 Å². The van der Waals surface area contributed by atoms with Gasteiger partial charge in [0.1, 0.15) is 22.3 Å². The van der Waals surface area contributed by atoms with Gasteiger partial charge in [-0.1, -0.05) is 188 Å². The molecule has 0 saturated heterocycles. The molecule has 5 heteroatoms. The van der Waals surface area contributed by atoms with Gasteiger partial charge in [-0.05, 0) is 86.1 Å². The Morgan fingerprint density at radius 1 is 0.258 bits per heavy atom. The van der Waals surface area contributed by atoms with E-state index >= 15 is 0 Å². The first-order valence-corrected chi connectivity index (χ1v) is 22.2. The molecule has 0 amide bonds. The van der Waals surface area contributed by atoms with Gasteiger partial charge in [0.25, 0.3) is 0 Å². The summed E-state index contributed by atoms with van der Waals surface area (Å²) in [4.78, 5) is 15.3. The molecule has 10 aromatic carbocycles. The Morgan fingerprint density at radius 3 is 1.33 bits per heavy atom. The Balaban J connectivity index is 0.928. The fraction of sp³-hybridized carbons (Fsp3) is 0. The number of nitrogens with zero attached hydrogens (tertiary/aromatic N) is 3. The van der Waals surface area contributed by atoms with Crippen molar-refractivity contribution in [1.29, 1.82) is 0 Å². The number of aromatic nitrogens is 3. The third-order valence-electron chi connectivity index (χ3n) is 12.8. The van der Waals surface area contributed by atoms with E-state index in [1.807, 2.05) is 36.4 Å². The van der Waals surface area contributed by atoms with E-state index in [0.29, 0.717) is 17.5 Å². The van der Waals surface area contributed by atoms with Crippen molar-refractivity contribution in [3.8, 4) is 78.7 Å². The molecule has 0 fully saturated rings. The summed E-state index contributed by atoms with van der Waals surface area (Å²) < 4.78 is 13.2. The molecule has 0 unspecified atom stereocenters. The van der Waals surface area contributed by atoms with Gasteiger partial charge < -0.3 is 8.83 Å². The van der Waals surface area contributed by atoms with Crippen molar-refractivity contribution in [3.63, 3.8) is 0 Å². The largest absolute Gasteiger partial charge is 0.456 e. The van der Waals surface area contributed by atoms with E-state index in [4.69, 9.17) is 23.8 Å². The van der Waals surface area contributed by atoms with Gasteiger partial charge >= 0.3 is 0 Å². The number of hydrogen-bond donors (Lipinski definition) is 0. The average molecular weight is 844 g/mol. The summed E-state index contributed by atoms with van der Waals surface area (Å²) in [6, 6.07) is 78.2. The highest BCUT2D eigenvalue weighted by Gasteiger charge is 2.20. The van der Waals surface area contributed by atoms with Crippen LogP contribution in [0.2, 0.25) is 0 Å². The Bertz CT molecular complexity index is 3950. The summed E-state index contributed by atoms with van der Waals surface area (Å²) in [5, 5.41) is 6.61. The summed E-state index contributed by atoms with van der Waals surface area (Å²) >= 11 is 0. The number of rotatable bonds is 7. The molecule has 0 aliphatic heterocycles. The molecule has 0 N–H and O–H groups in total. The molecule has 3 heterocycles. The van der Waals surface area contributed by atoms with Crippen LogP contribution in [0.1, 0.15) is 0 Å². The number of hydrogen-bond acceptors (Lipinski definition) is 5. The molecule has 0 spiro atoms. The first-order chi connectivity index (χ1) is 32.7. The van der Waals surface area contributed by atoms with Crippen LogP contribution >= 0.6 is 0 Å². The second-order valence-corrected chi connectivity index (χ2v) is 16.7. The molecule has 0 saturated carbocycles. The maximum absolute atomic E-state index is 6.87. The minimum absolute atomic E-state index is 0.569. The topological polar surface area (TPSA) is 65.0 Å². The standard InChI is InChI=1S/C61H37N3O2/c1-3-11-38(12-4-1)40-19-23-43(24-20-40)50-34-33-49(57-53-35-46-15-7-8-16-47(46)36-56(53)66-58(50)57)42-25-29-45(30-26-42)60-62-59(44-27-21-41(22-28-44)39-13-5-2-6-14-39)63-61(64-60)48-31-32-52-51-17-9-10-18-54(51)65-55(52)37-48/h1-37H. The van der Waals surface area contributed by atoms with E-state index in [-0.39, 0.29) is 0 Å². The van der Waals surface area contributed by atoms with Crippen molar-refractivity contribution in [3.05, 3.63) is 224 Å². The zero-order valence-electron chi connectivity index (χ0n) is 35.5. The third-order valence-corrected chi connectivity index (χ3v) is 12.8. The van der Waals surface area contributed by atoms with E-state index in [1.165, 1.54) is 16.5 Å². The van der Waals surface area contributed by atoms with Crippen LogP contribution < -0.4 is 0 Å². The van der Waals surface area contributed by atoms with Crippen molar-refractivity contribution < 1.29 is 8.83 Å². The molecule has 5 nitrogen and oxygen atoms in total. The highest BCUT2D eigenvalue weighted by Crippen LogP contribution is 2.44. The second kappa shape index (κ2) is 15.4. The summed E-state index contributed by atoms with van der Waals surface area (Å²) in [5.74, 6) is 1.74. The van der Waals surface area contributed by atoms with Gasteiger partial charge in [0.2, 0.25) is 0 Å². The predicted molar refractivity (Wildman–Crippen MR) is 270 cm³/mol. The van der Waals surface area contributed by atoms with E-state index < -0.39 is 0 Å². The number of para-hydroxylation sites is 1.